The zero-order valence-electron chi connectivity index (χ0n) is 27.1. The molecule has 0 radical (unpaired) electrons. The minimum absolute atomic E-state index is 0.0619. The third kappa shape index (κ3) is 10.4. The van der Waals surface area contributed by atoms with E-state index in [1.165, 1.54) is 20.2 Å². The highest BCUT2D eigenvalue weighted by molar-refractivity contribution is 6.34. The lowest BCUT2D eigenvalue weighted by molar-refractivity contribution is -0.144. The Balaban J connectivity index is 1.57. The SMILES string of the molecule is CCOc1nc2nc(n1)Nc1ccc(C(=O)N[C@@H](CNC(=O)C(=O)N(C)C)C(=O)O)c(c1)OCCCCCCOc1ccc(cc1)CN2. The summed E-state index contributed by atoms with van der Waals surface area (Å²) in [4.78, 5) is 63.4. The highest BCUT2D eigenvalue weighted by atomic mass is 16.5. The topological polar surface area (TPSA) is 206 Å². The van der Waals surface area contributed by atoms with Gasteiger partial charge in [0.2, 0.25) is 11.9 Å². The van der Waals surface area contributed by atoms with Gasteiger partial charge in [-0.1, -0.05) is 12.1 Å². The zero-order chi connectivity index (χ0) is 34.5. The predicted octanol–water partition coefficient (Wildman–Crippen LogP) is 2.34. The van der Waals surface area contributed by atoms with Crippen LogP contribution in [0.5, 0.6) is 17.5 Å². The third-order valence-corrected chi connectivity index (χ3v) is 6.98. The summed E-state index contributed by atoms with van der Waals surface area (Å²) in [6.45, 7) is 2.92. The fourth-order valence-corrected chi connectivity index (χ4v) is 4.45. The standard InChI is InChI=1S/C32H40N8O8/c1-4-46-32-38-30-34-18-20-9-12-22(13-10-20)47-15-7-5-6-8-16-48-25-17-21(35-31(37-30)39-32)11-14-23(25)26(41)36-24(29(44)45)19-33-27(42)28(43)40(2)3/h9-14,17,24H,4-8,15-16,18-19H2,1-3H3,(H,33,42)(H,36,41)(H,44,45)(H2,34,35,37,38,39)/t24-/m0/s1. The Kier molecular flexibility index (Phi) is 12.7. The number of nitrogens with zero attached hydrogens (tertiary/aromatic N) is 4. The summed E-state index contributed by atoms with van der Waals surface area (Å²) >= 11 is 0. The van der Waals surface area contributed by atoms with Gasteiger partial charge in [-0.25, -0.2) is 4.79 Å². The van der Waals surface area contributed by atoms with Crippen LogP contribution in [0, 0.1) is 0 Å². The van der Waals surface area contributed by atoms with Crippen LogP contribution in [0.25, 0.3) is 0 Å². The van der Waals surface area contributed by atoms with E-state index in [1.54, 1.807) is 12.1 Å². The molecule has 16 nitrogen and oxygen atoms in total. The maximum atomic E-state index is 13.3. The molecule has 0 aliphatic carbocycles. The summed E-state index contributed by atoms with van der Waals surface area (Å²) in [6, 6.07) is 11.0. The lowest BCUT2D eigenvalue weighted by Gasteiger charge is -2.18. The number of hydrogen-bond donors (Lipinski definition) is 5. The number of carboxylic acids is 1. The highest BCUT2D eigenvalue weighted by Crippen LogP contribution is 2.27. The molecule has 5 rings (SSSR count). The molecule has 2 aliphatic rings. The van der Waals surface area contributed by atoms with Crippen LogP contribution >= 0.6 is 0 Å². The van der Waals surface area contributed by atoms with Crippen LogP contribution in [-0.4, -0.2) is 95.2 Å². The first-order valence-electron chi connectivity index (χ1n) is 15.5. The number of nitrogens with one attached hydrogen (secondary N) is 4. The van der Waals surface area contributed by atoms with Gasteiger partial charge in [0, 0.05) is 38.9 Å². The van der Waals surface area contributed by atoms with Crippen LogP contribution in [-0.2, 0) is 20.9 Å². The minimum atomic E-state index is -1.52. The number of carbonyl (C=O) groups excluding carboxylic acids is 3. The monoisotopic (exact) mass is 664 g/mol. The van der Waals surface area contributed by atoms with Gasteiger partial charge in [0.25, 0.3) is 5.91 Å². The molecular formula is C32H40N8O8. The molecule has 0 saturated heterocycles. The molecular weight excluding hydrogens is 624 g/mol. The molecule has 3 aromatic rings. The van der Waals surface area contributed by atoms with Crippen molar-refractivity contribution >= 4 is 41.3 Å². The second-order valence-corrected chi connectivity index (χ2v) is 10.9. The van der Waals surface area contributed by atoms with E-state index in [9.17, 15) is 24.3 Å². The molecule has 2 aromatic carbocycles. The third-order valence-electron chi connectivity index (χ3n) is 6.98. The van der Waals surface area contributed by atoms with Crippen LogP contribution in [0.1, 0.15) is 48.5 Å². The van der Waals surface area contributed by atoms with E-state index < -0.39 is 36.3 Å². The smallest absolute Gasteiger partial charge is 0.328 e. The van der Waals surface area contributed by atoms with Gasteiger partial charge in [0.1, 0.15) is 17.5 Å². The van der Waals surface area contributed by atoms with E-state index in [0.717, 1.165) is 35.5 Å². The van der Waals surface area contributed by atoms with Gasteiger partial charge < -0.3 is 45.5 Å². The molecule has 6 bridgehead atoms. The van der Waals surface area contributed by atoms with E-state index in [1.807, 2.05) is 31.2 Å². The lowest BCUT2D eigenvalue weighted by atomic mass is 10.1. The van der Waals surface area contributed by atoms with Gasteiger partial charge >= 0.3 is 23.8 Å². The van der Waals surface area contributed by atoms with E-state index in [0.29, 0.717) is 31.9 Å². The van der Waals surface area contributed by atoms with Crippen LogP contribution in [0.15, 0.2) is 42.5 Å². The summed E-state index contributed by atoms with van der Waals surface area (Å²) in [5.74, 6) is -2.61. The highest BCUT2D eigenvalue weighted by Gasteiger charge is 2.25. The van der Waals surface area contributed by atoms with Gasteiger partial charge in [-0.15, -0.1) is 0 Å². The van der Waals surface area contributed by atoms with Crippen molar-refractivity contribution in [2.75, 3.05) is 51.1 Å². The van der Waals surface area contributed by atoms with Gasteiger partial charge in [-0.2, -0.15) is 15.0 Å². The zero-order valence-corrected chi connectivity index (χ0v) is 27.1. The molecule has 16 heteroatoms. The number of amides is 3. The molecule has 48 heavy (non-hydrogen) atoms. The molecule has 0 fully saturated rings. The predicted molar refractivity (Wildman–Crippen MR) is 175 cm³/mol. The summed E-state index contributed by atoms with van der Waals surface area (Å²) in [6.07, 6.45) is 3.31. The largest absolute Gasteiger partial charge is 0.494 e. The average Bonchev–Trinajstić information content (AvgIpc) is 3.06. The second kappa shape index (κ2) is 17.3. The normalized spacial score (nSPS) is 13.9. The Hall–Kier alpha value is -5.67. The van der Waals surface area contributed by atoms with Crippen molar-refractivity contribution in [3.63, 3.8) is 0 Å². The molecule has 0 unspecified atom stereocenters. The van der Waals surface area contributed by atoms with Crippen molar-refractivity contribution in [3.05, 3.63) is 53.6 Å². The molecule has 0 saturated carbocycles. The van der Waals surface area contributed by atoms with Gasteiger partial charge in [-0.05, 0) is 62.4 Å². The number of carbonyl (C=O) groups is 4. The van der Waals surface area contributed by atoms with Crippen LogP contribution in [0.4, 0.5) is 17.6 Å². The van der Waals surface area contributed by atoms with Crippen LogP contribution in [0.2, 0.25) is 0 Å². The summed E-state index contributed by atoms with van der Waals surface area (Å²) < 4.78 is 17.5. The Morgan fingerprint density at radius 3 is 2.35 bits per heavy atom. The van der Waals surface area contributed by atoms with E-state index in [2.05, 4.69) is 36.2 Å². The Labute approximate surface area is 277 Å². The number of likely N-dealkylation sites (N-methyl/N-ethyl adjacent to an activating group) is 1. The van der Waals surface area contributed by atoms with E-state index in [-0.39, 0.29) is 35.8 Å². The van der Waals surface area contributed by atoms with Gasteiger partial charge in [0.05, 0.1) is 25.4 Å². The summed E-state index contributed by atoms with van der Waals surface area (Å²) in [7, 11) is 2.78. The van der Waals surface area contributed by atoms with Crippen molar-refractivity contribution in [1.82, 2.24) is 30.5 Å². The van der Waals surface area contributed by atoms with Crippen molar-refractivity contribution in [2.24, 2.45) is 0 Å². The number of carboxylic acid groups (broad SMARTS) is 1. The molecule has 256 valence electrons. The quantitative estimate of drug-likeness (QED) is 0.230. The Morgan fingerprint density at radius 2 is 1.67 bits per heavy atom. The average molecular weight is 665 g/mol. The van der Waals surface area contributed by atoms with Crippen molar-refractivity contribution in [3.8, 4) is 17.5 Å². The lowest BCUT2D eigenvalue weighted by Crippen LogP contribution is -2.50. The van der Waals surface area contributed by atoms with Crippen molar-refractivity contribution in [1.29, 1.82) is 0 Å². The number of fused-ring (bicyclic) bond motifs is 10. The molecule has 5 N–H and O–H groups in total. The van der Waals surface area contributed by atoms with E-state index >= 15 is 0 Å². The first kappa shape index (κ1) is 35.2. The Bertz CT molecular complexity index is 1580. The first-order valence-corrected chi connectivity index (χ1v) is 15.5. The number of aromatic nitrogens is 3. The van der Waals surface area contributed by atoms with Gasteiger partial charge in [0.15, 0.2) is 0 Å². The molecule has 3 amide bonds. The number of hydrogen-bond acceptors (Lipinski definition) is 12. The van der Waals surface area contributed by atoms with Crippen molar-refractivity contribution in [2.45, 2.75) is 45.2 Å². The molecule has 3 heterocycles. The van der Waals surface area contributed by atoms with E-state index in [4.69, 9.17) is 14.2 Å². The first-order chi connectivity index (χ1) is 23.1. The maximum absolute atomic E-state index is 13.3. The number of ether oxygens (including phenoxy) is 3. The summed E-state index contributed by atoms with van der Waals surface area (Å²) in [5, 5.41) is 20.6. The molecule has 1 atom stereocenters. The number of aliphatic carboxylic acids is 1. The fraction of sp³-hybridized carbons (Fsp3) is 0.406. The molecule has 1 aromatic heterocycles. The van der Waals surface area contributed by atoms with Crippen LogP contribution in [0.3, 0.4) is 0 Å². The number of anilines is 3. The number of rotatable bonds is 7. The summed E-state index contributed by atoms with van der Waals surface area (Å²) in [5.41, 5.74) is 1.53. The Morgan fingerprint density at radius 1 is 0.958 bits per heavy atom. The van der Waals surface area contributed by atoms with Crippen LogP contribution < -0.4 is 35.5 Å². The van der Waals surface area contributed by atoms with Crippen molar-refractivity contribution < 1.29 is 38.5 Å². The van der Waals surface area contributed by atoms with Gasteiger partial charge in [-0.3, -0.25) is 14.4 Å². The minimum Gasteiger partial charge on any atom is -0.494 e. The number of benzene rings is 2. The second-order valence-electron chi connectivity index (χ2n) is 10.9. The molecule has 0 spiro atoms. The fourth-order valence-electron chi connectivity index (χ4n) is 4.45. The maximum Gasteiger partial charge on any atom is 0.328 e. The molecule has 2 aliphatic heterocycles.